The van der Waals surface area contributed by atoms with Gasteiger partial charge < -0.3 is 9.47 Å². The fraction of sp³-hybridized carbons (Fsp3) is 0.212. The lowest BCUT2D eigenvalue weighted by molar-refractivity contribution is -0.168. The van der Waals surface area contributed by atoms with Crippen molar-refractivity contribution in [3.8, 4) is 0 Å². The van der Waals surface area contributed by atoms with E-state index in [9.17, 15) is 18.0 Å². The van der Waals surface area contributed by atoms with Crippen molar-refractivity contribution in [1.29, 1.82) is 0 Å². The van der Waals surface area contributed by atoms with Gasteiger partial charge in [0.2, 0.25) is 10.0 Å². The van der Waals surface area contributed by atoms with Gasteiger partial charge in [0.25, 0.3) is 5.54 Å². The zero-order chi connectivity index (χ0) is 31.6. The molecule has 0 amide bonds. The maximum absolute atomic E-state index is 14.9. The molecule has 0 aliphatic carbocycles. The predicted octanol–water partition coefficient (Wildman–Crippen LogP) is 6.44. The van der Waals surface area contributed by atoms with E-state index in [0.29, 0.717) is 16.1 Å². The molecule has 228 valence electrons. The van der Waals surface area contributed by atoms with E-state index in [1.165, 1.54) is 12.1 Å². The van der Waals surface area contributed by atoms with Crippen molar-refractivity contribution in [2.45, 2.75) is 36.1 Å². The van der Waals surface area contributed by atoms with E-state index >= 15 is 0 Å². The van der Waals surface area contributed by atoms with E-state index in [0.717, 1.165) is 34.1 Å². The lowest BCUT2D eigenvalue weighted by Gasteiger charge is -2.36. The predicted molar refractivity (Wildman–Crippen MR) is 170 cm³/mol. The topological polar surface area (TPSA) is 93.2 Å². The van der Waals surface area contributed by atoms with Gasteiger partial charge in [0.1, 0.15) is 6.17 Å². The first-order valence-electron chi connectivity index (χ1n) is 13.6. The van der Waals surface area contributed by atoms with Crippen molar-refractivity contribution in [3.63, 3.8) is 0 Å². The number of rotatable bonds is 8. The number of carbonyl (C=O) groups is 2. The molecule has 0 spiro atoms. The van der Waals surface area contributed by atoms with Crippen LogP contribution in [0.25, 0.3) is 0 Å². The Morgan fingerprint density at radius 2 is 1.36 bits per heavy atom. The summed E-state index contributed by atoms with van der Waals surface area (Å²) in [4.78, 5) is 30.3. The van der Waals surface area contributed by atoms with E-state index in [2.05, 4.69) is 15.9 Å². The summed E-state index contributed by atoms with van der Waals surface area (Å²) in [5.41, 5.74) is 0.144. The number of hydrogen-bond donors (Lipinski definition) is 0. The lowest BCUT2D eigenvalue weighted by Crippen LogP contribution is -2.62. The van der Waals surface area contributed by atoms with Crippen molar-refractivity contribution in [2.24, 2.45) is 0 Å². The first-order chi connectivity index (χ1) is 21.0. The Bertz CT molecular complexity index is 1740. The minimum Gasteiger partial charge on any atom is -0.467 e. The second-order valence-corrected chi connectivity index (χ2v) is 13.6. The molecule has 0 aromatic heterocycles. The molecule has 0 saturated carbocycles. The third kappa shape index (κ3) is 5.57. The van der Waals surface area contributed by atoms with Crippen LogP contribution in [0.1, 0.15) is 34.5 Å². The Morgan fingerprint density at radius 3 is 1.91 bits per heavy atom. The van der Waals surface area contributed by atoms with Gasteiger partial charge in [0.15, 0.2) is 0 Å². The summed E-state index contributed by atoms with van der Waals surface area (Å²) in [7, 11) is -2.36. The average Bonchev–Trinajstić information content (AvgIpc) is 3.33. The molecule has 1 saturated heterocycles. The molecule has 0 N–H and O–H groups in total. The molecular weight excluding hydrogens is 668 g/mol. The first kappa shape index (κ1) is 31.9. The van der Waals surface area contributed by atoms with Crippen LogP contribution < -0.4 is 0 Å². The van der Waals surface area contributed by atoms with Crippen LogP contribution in [0.3, 0.4) is 0 Å². The van der Waals surface area contributed by atoms with Crippen molar-refractivity contribution in [3.05, 3.63) is 135 Å². The van der Waals surface area contributed by atoms with E-state index in [1.54, 1.807) is 60.7 Å². The Balaban J connectivity index is 1.93. The van der Waals surface area contributed by atoms with Crippen molar-refractivity contribution in [1.82, 2.24) is 9.21 Å². The van der Waals surface area contributed by atoms with Crippen molar-refractivity contribution >= 4 is 49.5 Å². The minimum absolute atomic E-state index is 0.0983. The molecule has 1 heterocycles. The number of esters is 2. The largest absolute Gasteiger partial charge is 0.467 e. The number of nitrogens with zero attached hydrogens (tertiary/aromatic N) is 2. The highest BCUT2D eigenvalue weighted by Gasteiger charge is 2.72. The summed E-state index contributed by atoms with van der Waals surface area (Å²) in [6.07, 6.45) is -1.16. The van der Waals surface area contributed by atoms with Gasteiger partial charge in [-0.3, -0.25) is 4.90 Å². The van der Waals surface area contributed by atoms with Crippen LogP contribution in [-0.4, -0.2) is 49.3 Å². The van der Waals surface area contributed by atoms with Crippen LogP contribution in [-0.2, 0) is 35.6 Å². The molecule has 1 fully saturated rings. The molecule has 0 bridgehead atoms. The second-order valence-electron chi connectivity index (χ2n) is 10.4. The van der Waals surface area contributed by atoms with Gasteiger partial charge in [-0.1, -0.05) is 99.8 Å². The quantitative estimate of drug-likeness (QED) is 0.155. The van der Waals surface area contributed by atoms with Crippen LogP contribution in [0.15, 0.2) is 112 Å². The van der Waals surface area contributed by atoms with Crippen LogP contribution in [0, 0.1) is 6.92 Å². The molecular formula is C33H30BrClN2O6S. The Labute approximate surface area is 270 Å². The van der Waals surface area contributed by atoms with E-state index in [4.69, 9.17) is 21.1 Å². The van der Waals surface area contributed by atoms with Crippen LogP contribution >= 0.6 is 27.5 Å². The summed E-state index contributed by atoms with van der Waals surface area (Å²) >= 11 is 9.72. The molecule has 44 heavy (non-hydrogen) atoms. The van der Waals surface area contributed by atoms with Gasteiger partial charge in [-0.25, -0.2) is 18.0 Å². The van der Waals surface area contributed by atoms with Gasteiger partial charge in [0, 0.05) is 16.0 Å². The standard InChI is InChI=1S/C33H30BrClN2O6S/c1-22-9-19-28(20-10-22)44(40,41)37-30(25-11-15-26(34)16-12-25)36(21-23-7-5-4-6-8-23)29(24-13-17-27(35)18-14-24)33(37,31(38)42-2)32(39)43-3/h4-20,29-30H,21H2,1-3H3/t29-,30+/m0/s1. The molecule has 8 nitrogen and oxygen atoms in total. The van der Waals surface area contributed by atoms with E-state index < -0.39 is 39.7 Å². The Kier molecular flexibility index (Phi) is 9.29. The van der Waals surface area contributed by atoms with Crippen LogP contribution in [0.5, 0.6) is 0 Å². The van der Waals surface area contributed by atoms with E-state index in [1.807, 2.05) is 42.2 Å². The minimum atomic E-state index is -4.60. The van der Waals surface area contributed by atoms with Gasteiger partial charge in [-0.2, -0.15) is 0 Å². The molecule has 4 aromatic carbocycles. The summed E-state index contributed by atoms with van der Waals surface area (Å²) in [6.45, 7) is 1.99. The monoisotopic (exact) mass is 696 g/mol. The van der Waals surface area contributed by atoms with E-state index in [-0.39, 0.29) is 11.4 Å². The zero-order valence-corrected chi connectivity index (χ0v) is 27.3. The number of ether oxygens (including phenoxy) is 2. The van der Waals surface area contributed by atoms with Crippen molar-refractivity contribution in [2.75, 3.05) is 14.2 Å². The molecule has 11 heteroatoms. The molecule has 1 aliphatic rings. The highest BCUT2D eigenvalue weighted by molar-refractivity contribution is 9.10. The van der Waals surface area contributed by atoms with Gasteiger partial charge in [0.05, 0.1) is 25.2 Å². The maximum Gasteiger partial charge on any atom is 0.341 e. The number of benzene rings is 4. The lowest BCUT2D eigenvalue weighted by atomic mass is 9.85. The molecule has 2 atom stereocenters. The molecule has 5 rings (SSSR count). The normalized spacial score (nSPS) is 18.6. The fourth-order valence-electron chi connectivity index (χ4n) is 5.78. The average molecular weight is 698 g/mol. The third-order valence-corrected chi connectivity index (χ3v) is 10.4. The number of sulfonamides is 1. The summed E-state index contributed by atoms with van der Waals surface area (Å²) in [6, 6.07) is 28.1. The SMILES string of the molecule is COC(=O)C1(C(=O)OC)[C@H](c2ccc(Cl)cc2)N(Cc2ccccc2)[C@@H](c2ccc(Br)cc2)N1S(=O)(=O)c1ccc(C)cc1. The molecule has 4 aromatic rings. The first-order valence-corrected chi connectivity index (χ1v) is 16.3. The number of methoxy groups -OCH3 is 2. The third-order valence-electron chi connectivity index (χ3n) is 7.74. The van der Waals surface area contributed by atoms with Gasteiger partial charge in [-0.05, 0) is 60.0 Å². The van der Waals surface area contributed by atoms with Crippen LogP contribution in [0.2, 0.25) is 5.02 Å². The Morgan fingerprint density at radius 1 is 0.818 bits per heavy atom. The fourth-order valence-corrected chi connectivity index (χ4v) is 8.01. The summed E-state index contributed by atoms with van der Waals surface area (Å²) < 4.78 is 42.2. The molecule has 1 aliphatic heterocycles. The van der Waals surface area contributed by atoms with Crippen LogP contribution in [0.4, 0.5) is 0 Å². The Hall–Kier alpha value is -3.54. The zero-order valence-electron chi connectivity index (χ0n) is 24.2. The number of halogens is 2. The summed E-state index contributed by atoms with van der Waals surface area (Å²) in [5.74, 6) is -2.17. The highest BCUT2D eigenvalue weighted by Crippen LogP contribution is 2.56. The maximum atomic E-state index is 14.9. The second kappa shape index (κ2) is 12.8. The summed E-state index contributed by atoms with van der Waals surface area (Å²) in [5, 5.41) is 0.427. The smallest absolute Gasteiger partial charge is 0.341 e. The number of carbonyl (C=O) groups excluding carboxylic acids is 2. The number of hydrogen-bond acceptors (Lipinski definition) is 7. The van der Waals surface area contributed by atoms with Gasteiger partial charge >= 0.3 is 11.9 Å². The molecule has 0 radical (unpaired) electrons. The number of aryl methyl sites for hydroxylation is 1. The van der Waals surface area contributed by atoms with Gasteiger partial charge in [-0.15, -0.1) is 4.31 Å². The highest BCUT2D eigenvalue weighted by atomic mass is 79.9. The van der Waals surface area contributed by atoms with Crippen molar-refractivity contribution < 1.29 is 27.5 Å². The molecule has 0 unspecified atom stereocenters.